The van der Waals surface area contributed by atoms with Gasteiger partial charge in [0.15, 0.2) is 0 Å². The standard InChI is InChI=1S/C15H21NOS/c16-15(6-7-15)11-12-2-1-3-14(10-12)17-13-4-8-18-9-5-13/h1-3,10,13H,4-9,11,16H2. The van der Waals surface area contributed by atoms with Crippen molar-refractivity contribution in [2.75, 3.05) is 11.5 Å². The van der Waals surface area contributed by atoms with Crippen LogP contribution in [-0.2, 0) is 6.42 Å². The molecule has 0 radical (unpaired) electrons. The highest BCUT2D eigenvalue weighted by molar-refractivity contribution is 7.99. The van der Waals surface area contributed by atoms with Gasteiger partial charge in [-0.3, -0.25) is 0 Å². The number of hydrogen-bond acceptors (Lipinski definition) is 3. The van der Waals surface area contributed by atoms with E-state index in [4.69, 9.17) is 10.5 Å². The summed E-state index contributed by atoms with van der Waals surface area (Å²) in [7, 11) is 0. The zero-order valence-electron chi connectivity index (χ0n) is 10.7. The molecule has 0 atom stereocenters. The van der Waals surface area contributed by atoms with E-state index in [1.54, 1.807) is 0 Å². The highest BCUT2D eigenvalue weighted by Gasteiger charge is 2.37. The Hall–Kier alpha value is -0.670. The molecule has 3 rings (SSSR count). The van der Waals surface area contributed by atoms with Crippen molar-refractivity contribution in [1.29, 1.82) is 0 Å². The summed E-state index contributed by atoms with van der Waals surface area (Å²) < 4.78 is 6.08. The fourth-order valence-corrected chi connectivity index (χ4v) is 3.52. The van der Waals surface area contributed by atoms with E-state index in [1.807, 2.05) is 11.8 Å². The SMILES string of the molecule is NC1(Cc2cccc(OC3CCSCC3)c2)CC1. The summed E-state index contributed by atoms with van der Waals surface area (Å²) in [6.07, 6.45) is 6.08. The lowest BCUT2D eigenvalue weighted by Crippen LogP contribution is -2.24. The second-order valence-corrected chi connectivity index (χ2v) is 6.84. The molecule has 2 nitrogen and oxygen atoms in total. The Morgan fingerprint density at radius 2 is 2.06 bits per heavy atom. The van der Waals surface area contributed by atoms with Crippen molar-refractivity contribution < 1.29 is 4.74 Å². The molecule has 1 saturated heterocycles. The molecule has 0 amide bonds. The van der Waals surface area contributed by atoms with Gasteiger partial charge in [-0.05, 0) is 61.3 Å². The van der Waals surface area contributed by atoms with Gasteiger partial charge >= 0.3 is 0 Å². The van der Waals surface area contributed by atoms with Crippen LogP contribution in [0.1, 0.15) is 31.2 Å². The first-order chi connectivity index (χ1) is 8.73. The number of thioether (sulfide) groups is 1. The van der Waals surface area contributed by atoms with Crippen molar-refractivity contribution in [1.82, 2.24) is 0 Å². The molecule has 2 N–H and O–H groups in total. The summed E-state index contributed by atoms with van der Waals surface area (Å²) in [4.78, 5) is 0. The van der Waals surface area contributed by atoms with E-state index in [9.17, 15) is 0 Å². The van der Waals surface area contributed by atoms with E-state index >= 15 is 0 Å². The average Bonchev–Trinajstić information content (AvgIpc) is 3.08. The first-order valence-electron chi connectivity index (χ1n) is 6.86. The highest BCUT2D eigenvalue weighted by atomic mass is 32.2. The Morgan fingerprint density at radius 1 is 1.28 bits per heavy atom. The van der Waals surface area contributed by atoms with E-state index in [2.05, 4.69) is 24.3 Å². The minimum Gasteiger partial charge on any atom is -0.490 e. The van der Waals surface area contributed by atoms with E-state index in [0.717, 1.165) is 25.0 Å². The molecule has 0 unspecified atom stereocenters. The number of hydrogen-bond donors (Lipinski definition) is 1. The lowest BCUT2D eigenvalue weighted by Gasteiger charge is -2.23. The van der Waals surface area contributed by atoms with Crippen molar-refractivity contribution in [2.45, 2.75) is 43.7 Å². The van der Waals surface area contributed by atoms with Gasteiger partial charge in [0.2, 0.25) is 0 Å². The summed E-state index contributed by atoms with van der Waals surface area (Å²) in [5.41, 5.74) is 7.57. The summed E-state index contributed by atoms with van der Waals surface area (Å²) >= 11 is 2.03. The first-order valence-corrected chi connectivity index (χ1v) is 8.01. The molecule has 18 heavy (non-hydrogen) atoms. The van der Waals surface area contributed by atoms with E-state index in [1.165, 1.54) is 29.9 Å². The minimum absolute atomic E-state index is 0.0834. The zero-order valence-corrected chi connectivity index (χ0v) is 11.5. The lowest BCUT2D eigenvalue weighted by molar-refractivity contribution is 0.192. The molecule has 2 aliphatic rings. The van der Waals surface area contributed by atoms with Crippen LogP contribution in [0.2, 0.25) is 0 Å². The van der Waals surface area contributed by atoms with Crippen molar-refractivity contribution >= 4 is 11.8 Å². The van der Waals surface area contributed by atoms with Crippen LogP contribution in [0.25, 0.3) is 0 Å². The fraction of sp³-hybridized carbons (Fsp3) is 0.600. The number of rotatable bonds is 4. The van der Waals surface area contributed by atoms with Gasteiger partial charge in [0.1, 0.15) is 11.9 Å². The zero-order chi connectivity index (χ0) is 12.4. The Balaban J connectivity index is 1.62. The smallest absolute Gasteiger partial charge is 0.119 e. The molecule has 0 spiro atoms. The molecular formula is C15H21NOS. The molecule has 0 aromatic heterocycles. The molecule has 3 heteroatoms. The lowest BCUT2D eigenvalue weighted by atomic mass is 10.0. The van der Waals surface area contributed by atoms with Crippen molar-refractivity contribution in [3.8, 4) is 5.75 Å². The molecule has 1 aromatic carbocycles. The maximum atomic E-state index is 6.17. The molecule has 0 bridgehead atoms. The van der Waals surface area contributed by atoms with Crippen LogP contribution in [0, 0.1) is 0 Å². The summed E-state index contributed by atoms with van der Waals surface area (Å²) in [5.74, 6) is 3.49. The minimum atomic E-state index is 0.0834. The molecule has 1 saturated carbocycles. The van der Waals surface area contributed by atoms with E-state index in [0.29, 0.717) is 6.10 Å². The van der Waals surface area contributed by atoms with Crippen LogP contribution in [0.15, 0.2) is 24.3 Å². The van der Waals surface area contributed by atoms with Gasteiger partial charge in [-0.15, -0.1) is 0 Å². The van der Waals surface area contributed by atoms with Crippen LogP contribution in [0.5, 0.6) is 5.75 Å². The average molecular weight is 263 g/mol. The maximum absolute atomic E-state index is 6.17. The number of benzene rings is 1. The first kappa shape index (κ1) is 12.4. The fourth-order valence-electron chi connectivity index (χ4n) is 2.46. The molecule has 1 aliphatic carbocycles. The Labute approximate surface area is 113 Å². The van der Waals surface area contributed by atoms with Gasteiger partial charge < -0.3 is 10.5 Å². The van der Waals surface area contributed by atoms with Crippen LogP contribution in [0.4, 0.5) is 0 Å². The van der Waals surface area contributed by atoms with Gasteiger partial charge in [0, 0.05) is 5.54 Å². The number of nitrogens with two attached hydrogens (primary N) is 1. The number of ether oxygens (including phenoxy) is 1. The highest BCUT2D eigenvalue weighted by Crippen LogP contribution is 2.36. The molecule has 1 aliphatic heterocycles. The Bertz CT molecular complexity index is 411. The van der Waals surface area contributed by atoms with Crippen molar-refractivity contribution in [2.24, 2.45) is 5.73 Å². The van der Waals surface area contributed by atoms with Gasteiger partial charge in [-0.2, -0.15) is 11.8 Å². The van der Waals surface area contributed by atoms with E-state index < -0.39 is 0 Å². The summed E-state index contributed by atoms with van der Waals surface area (Å²) in [5, 5.41) is 0. The van der Waals surface area contributed by atoms with Crippen molar-refractivity contribution in [3.63, 3.8) is 0 Å². The predicted octanol–water partition coefficient (Wildman–Crippen LogP) is 2.99. The van der Waals surface area contributed by atoms with Crippen molar-refractivity contribution in [3.05, 3.63) is 29.8 Å². The normalized spacial score (nSPS) is 22.7. The van der Waals surface area contributed by atoms with Crippen LogP contribution >= 0.6 is 11.8 Å². The third kappa shape index (κ3) is 3.21. The topological polar surface area (TPSA) is 35.2 Å². The van der Waals surface area contributed by atoms with Crippen LogP contribution in [0.3, 0.4) is 0 Å². The summed E-state index contributed by atoms with van der Waals surface area (Å²) in [6, 6.07) is 8.50. The van der Waals surface area contributed by atoms with Gasteiger partial charge in [-0.25, -0.2) is 0 Å². The Kier molecular flexibility index (Phi) is 3.53. The largest absolute Gasteiger partial charge is 0.490 e. The van der Waals surface area contributed by atoms with E-state index in [-0.39, 0.29) is 5.54 Å². The molecule has 1 aromatic rings. The summed E-state index contributed by atoms with van der Waals surface area (Å²) in [6.45, 7) is 0. The molecule has 1 heterocycles. The quantitative estimate of drug-likeness (QED) is 0.907. The third-order valence-electron chi connectivity index (χ3n) is 3.82. The third-order valence-corrected chi connectivity index (χ3v) is 4.87. The second-order valence-electron chi connectivity index (χ2n) is 5.62. The molecule has 98 valence electrons. The van der Waals surface area contributed by atoms with Gasteiger partial charge in [-0.1, -0.05) is 12.1 Å². The Morgan fingerprint density at radius 3 is 2.78 bits per heavy atom. The maximum Gasteiger partial charge on any atom is 0.119 e. The second kappa shape index (κ2) is 5.14. The predicted molar refractivity (Wildman–Crippen MR) is 77.3 cm³/mol. The monoisotopic (exact) mass is 263 g/mol. The van der Waals surface area contributed by atoms with Crippen LogP contribution < -0.4 is 10.5 Å². The van der Waals surface area contributed by atoms with Crippen LogP contribution in [-0.4, -0.2) is 23.1 Å². The molecular weight excluding hydrogens is 242 g/mol. The van der Waals surface area contributed by atoms with Gasteiger partial charge in [0.25, 0.3) is 0 Å². The molecule has 2 fully saturated rings. The van der Waals surface area contributed by atoms with Gasteiger partial charge in [0.05, 0.1) is 0 Å².